The smallest absolute Gasteiger partial charge is 0.0983 e. The molecule has 1 unspecified atom stereocenters. The van der Waals surface area contributed by atoms with Crippen LogP contribution in [-0.2, 0) is 0 Å². The molecule has 3 rings (SSSR count). The number of fused-ring (bicyclic) bond motifs is 1. The van der Waals surface area contributed by atoms with E-state index in [1.54, 1.807) is 12.1 Å². The maximum absolute atomic E-state index is 9.65. The minimum Gasteiger partial charge on any atom is -0.399 e. The van der Waals surface area contributed by atoms with Gasteiger partial charge in [-0.05, 0) is 34.0 Å². The number of nitrogen functional groups attached to an aromatic ring is 1. The van der Waals surface area contributed by atoms with E-state index in [0.717, 1.165) is 21.9 Å². The van der Waals surface area contributed by atoms with Crippen LogP contribution in [0.5, 0.6) is 0 Å². The molecule has 0 aliphatic heterocycles. The number of nitriles is 1. The molecule has 3 heteroatoms. The minimum atomic E-state index is -0.413. The van der Waals surface area contributed by atoms with Gasteiger partial charge in [0.25, 0.3) is 0 Å². The summed E-state index contributed by atoms with van der Waals surface area (Å²) in [7, 11) is 0. The third-order valence-corrected chi connectivity index (χ3v) is 3.93. The Hall–Kier alpha value is -2.50. The zero-order chi connectivity index (χ0) is 14.8. The van der Waals surface area contributed by atoms with E-state index in [1.165, 1.54) is 0 Å². The lowest BCUT2D eigenvalue weighted by Gasteiger charge is -2.14. The van der Waals surface area contributed by atoms with Gasteiger partial charge in [0.1, 0.15) is 0 Å². The summed E-state index contributed by atoms with van der Waals surface area (Å²) in [5.41, 5.74) is 8.07. The van der Waals surface area contributed by atoms with Gasteiger partial charge in [-0.1, -0.05) is 60.1 Å². The summed E-state index contributed by atoms with van der Waals surface area (Å²) in [5.74, 6) is -0.413. The predicted octanol–water partition coefficient (Wildman–Crippen LogP) is 4.73. The summed E-state index contributed by atoms with van der Waals surface area (Å²) in [5, 5.41) is 12.4. The first-order chi connectivity index (χ1) is 10.2. The maximum Gasteiger partial charge on any atom is 0.0983 e. The molecule has 0 saturated carbocycles. The average Bonchev–Trinajstić information content (AvgIpc) is 2.50. The van der Waals surface area contributed by atoms with Crippen molar-refractivity contribution in [3.8, 4) is 6.07 Å². The highest BCUT2D eigenvalue weighted by Gasteiger charge is 2.18. The average molecular weight is 293 g/mol. The minimum absolute atomic E-state index is 0.413. The molecule has 2 nitrogen and oxygen atoms in total. The number of halogens is 1. The third kappa shape index (κ3) is 2.44. The first kappa shape index (κ1) is 13.5. The molecule has 0 fully saturated rings. The zero-order valence-corrected chi connectivity index (χ0v) is 12.0. The molecule has 102 valence electrons. The van der Waals surface area contributed by atoms with Gasteiger partial charge in [-0.3, -0.25) is 0 Å². The molecule has 3 aromatic rings. The van der Waals surface area contributed by atoms with E-state index < -0.39 is 5.92 Å². The van der Waals surface area contributed by atoms with Gasteiger partial charge in [0.05, 0.1) is 12.0 Å². The van der Waals surface area contributed by atoms with Crippen LogP contribution in [0.1, 0.15) is 17.0 Å². The molecule has 0 saturated heterocycles. The van der Waals surface area contributed by atoms with Crippen LogP contribution in [0.15, 0.2) is 60.7 Å². The first-order valence-electron chi connectivity index (χ1n) is 6.63. The Morgan fingerprint density at radius 2 is 1.71 bits per heavy atom. The molecule has 0 amide bonds. The van der Waals surface area contributed by atoms with E-state index in [9.17, 15) is 5.26 Å². The highest BCUT2D eigenvalue weighted by atomic mass is 35.5. The van der Waals surface area contributed by atoms with Crippen molar-refractivity contribution in [2.45, 2.75) is 5.92 Å². The van der Waals surface area contributed by atoms with Crippen LogP contribution in [0.2, 0.25) is 5.02 Å². The standard InChI is InChI=1S/C18H13ClN2/c19-18-10-13(21)8-9-16(18)17(11-20)15-7-3-5-12-4-1-2-6-14(12)15/h1-10,17H,21H2. The summed E-state index contributed by atoms with van der Waals surface area (Å²) in [4.78, 5) is 0. The second-order valence-electron chi connectivity index (χ2n) is 4.91. The van der Waals surface area contributed by atoms with E-state index in [4.69, 9.17) is 17.3 Å². The van der Waals surface area contributed by atoms with Crippen LogP contribution >= 0.6 is 11.6 Å². The number of hydrogen-bond acceptors (Lipinski definition) is 2. The molecule has 2 N–H and O–H groups in total. The van der Waals surface area contributed by atoms with Crippen LogP contribution < -0.4 is 5.73 Å². The van der Waals surface area contributed by atoms with Gasteiger partial charge in [-0.15, -0.1) is 0 Å². The molecule has 0 spiro atoms. The molecule has 0 radical (unpaired) electrons. The fraction of sp³-hybridized carbons (Fsp3) is 0.0556. The molecule has 3 aromatic carbocycles. The topological polar surface area (TPSA) is 49.8 Å². The summed E-state index contributed by atoms with van der Waals surface area (Å²) < 4.78 is 0. The summed E-state index contributed by atoms with van der Waals surface area (Å²) >= 11 is 6.27. The van der Waals surface area contributed by atoms with E-state index in [1.807, 2.05) is 48.5 Å². The quantitative estimate of drug-likeness (QED) is 0.694. The van der Waals surface area contributed by atoms with Crippen molar-refractivity contribution in [3.05, 3.63) is 76.8 Å². The molecule has 0 aliphatic rings. The van der Waals surface area contributed by atoms with Gasteiger partial charge in [0, 0.05) is 10.7 Å². The number of nitrogens with zero attached hydrogens (tertiary/aromatic N) is 1. The Balaban J connectivity index is 2.22. The molecule has 0 aromatic heterocycles. The van der Waals surface area contributed by atoms with Crippen molar-refractivity contribution >= 4 is 28.1 Å². The lowest BCUT2D eigenvalue weighted by atomic mass is 9.89. The zero-order valence-electron chi connectivity index (χ0n) is 11.3. The number of rotatable bonds is 2. The van der Waals surface area contributed by atoms with Crippen LogP contribution in [0, 0.1) is 11.3 Å². The fourth-order valence-corrected chi connectivity index (χ4v) is 2.88. The predicted molar refractivity (Wildman–Crippen MR) is 87.3 cm³/mol. The van der Waals surface area contributed by atoms with Crippen molar-refractivity contribution in [1.29, 1.82) is 5.26 Å². The Morgan fingerprint density at radius 3 is 2.48 bits per heavy atom. The van der Waals surface area contributed by atoms with E-state index in [-0.39, 0.29) is 0 Å². The normalized spacial score (nSPS) is 12.0. The monoisotopic (exact) mass is 292 g/mol. The second-order valence-corrected chi connectivity index (χ2v) is 5.32. The number of hydrogen-bond donors (Lipinski definition) is 1. The summed E-state index contributed by atoms with van der Waals surface area (Å²) in [6.45, 7) is 0. The molecule has 0 bridgehead atoms. The lowest BCUT2D eigenvalue weighted by Crippen LogP contribution is -2.01. The van der Waals surface area contributed by atoms with E-state index >= 15 is 0 Å². The third-order valence-electron chi connectivity index (χ3n) is 3.60. The number of anilines is 1. The van der Waals surface area contributed by atoms with Crippen molar-refractivity contribution < 1.29 is 0 Å². The highest BCUT2D eigenvalue weighted by molar-refractivity contribution is 6.31. The van der Waals surface area contributed by atoms with Gasteiger partial charge in [-0.2, -0.15) is 5.26 Å². The van der Waals surface area contributed by atoms with Crippen LogP contribution in [0.4, 0.5) is 5.69 Å². The van der Waals surface area contributed by atoms with E-state index in [2.05, 4.69) is 6.07 Å². The number of nitrogens with two attached hydrogens (primary N) is 1. The molecule has 1 atom stereocenters. The van der Waals surface area contributed by atoms with Crippen LogP contribution in [0.3, 0.4) is 0 Å². The van der Waals surface area contributed by atoms with Crippen molar-refractivity contribution in [2.75, 3.05) is 5.73 Å². The Bertz CT molecular complexity index is 844. The lowest BCUT2D eigenvalue weighted by molar-refractivity contribution is 1.05. The molecular formula is C18H13ClN2. The Labute approximate surface area is 128 Å². The SMILES string of the molecule is N#CC(c1ccc(N)cc1Cl)c1cccc2ccccc12. The van der Waals surface area contributed by atoms with Crippen LogP contribution in [-0.4, -0.2) is 0 Å². The van der Waals surface area contributed by atoms with Gasteiger partial charge >= 0.3 is 0 Å². The van der Waals surface area contributed by atoms with Crippen LogP contribution in [0.25, 0.3) is 10.8 Å². The van der Waals surface area contributed by atoms with Gasteiger partial charge < -0.3 is 5.73 Å². The van der Waals surface area contributed by atoms with Gasteiger partial charge in [-0.25, -0.2) is 0 Å². The van der Waals surface area contributed by atoms with Crippen molar-refractivity contribution in [2.24, 2.45) is 0 Å². The first-order valence-corrected chi connectivity index (χ1v) is 7.00. The van der Waals surface area contributed by atoms with Crippen molar-refractivity contribution in [3.63, 3.8) is 0 Å². The molecule has 21 heavy (non-hydrogen) atoms. The van der Waals surface area contributed by atoms with Gasteiger partial charge in [0.15, 0.2) is 0 Å². The molecule has 0 heterocycles. The summed E-state index contributed by atoms with van der Waals surface area (Å²) in [6, 6.07) is 21.7. The largest absolute Gasteiger partial charge is 0.399 e. The fourth-order valence-electron chi connectivity index (χ4n) is 2.59. The molecule has 0 aliphatic carbocycles. The Morgan fingerprint density at radius 1 is 0.952 bits per heavy atom. The van der Waals surface area contributed by atoms with Crippen molar-refractivity contribution in [1.82, 2.24) is 0 Å². The Kier molecular flexibility index (Phi) is 3.51. The molecular weight excluding hydrogens is 280 g/mol. The highest BCUT2D eigenvalue weighted by Crippen LogP contribution is 2.34. The summed E-state index contributed by atoms with van der Waals surface area (Å²) in [6.07, 6.45) is 0. The second kappa shape index (κ2) is 5.47. The number of benzene rings is 3. The maximum atomic E-state index is 9.65. The van der Waals surface area contributed by atoms with Gasteiger partial charge in [0.2, 0.25) is 0 Å². The van der Waals surface area contributed by atoms with E-state index in [0.29, 0.717) is 10.7 Å².